The van der Waals surface area contributed by atoms with Crippen LogP contribution in [-0.4, -0.2) is 24.4 Å². The molecule has 0 aliphatic rings. The summed E-state index contributed by atoms with van der Waals surface area (Å²) in [4.78, 5) is 14.4. The van der Waals surface area contributed by atoms with Crippen molar-refractivity contribution >= 4 is 28.6 Å². The van der Waals surface area contributed by atoms with Gasteiger partial charge in [0.2, 0.25) is 5.88 Å². The zero-order valence-corrected chi connectivity index (χ0v) is 11.3. The van der Waals surface area contributed by atoms with Crippen LogP contribution in [0.1, 0.15) is 22.3 Å². The Morgan fingerprint density at radius 1 is 1.42 bits per heavy atom. The summed E-state index contributed by atoms with van der Waals surface area (Å²) in [5.41, 5.74) is -1.53. The molecule has 0 N–H and O–H groups in total. The van der Waals surface area contributed by atoms with Gasteiger partial charge in [0.15, 0.2) is 0 Å². The highest BCUT2D eigenvalue weighted by atomic mass is 127. The lowest BCUT2D eigenvalue weighted by Crippen LogP contribution is -2.20. The molecule has 1 aromatic heterocycles. The molecule has 0 bridgehead atoms. The maximum absolute atomic E-state index is 12.8. The average molecular weight is 397 g/mol. The molecule has 0 spiro atoms. The highest BCUT2D eigenvalue weighted by Gasteiger charge is 2.35. The Morgan fingerprint density at radius 3 is 2.42 bits per heavy atom. The summed E-state index contributed by atoms with van der Waals surface area (Å²) in [6.07, 6.45) is -7.70. The Labute approximate surface area is 117 Å². The fourth-order valence-corrected chi connectivity index (χ4v) is 1.92. The molecule has 0 fully saturated rings. The summed E-state index contributed by atoms with van der Waals surface area (Å²) in [7, 11) is 0.949. The summed E-state index contributed by atoms with van der Waals surface area (Å²) in [6, 6.07) is 0. The standard InChI is InChI=1S/C9H5F5INO3/c1-18-8(17)3-2-16-7(19-9(12,13)14)5(15)4(3)6(10)11/h2,6H,1H3. The number of carbonyl (C=O) groups excluding carboxylic acids is 1. The number of hydrogen-bond donors (Lipinski definition) is 0. The largest absolute Gasteiger partial charge is 0.574 e. The fourth-order valence-electron chi connectivity index (χ4n) is 1.15. The number of nitrogens with zero attached hydrogens (tertiary/aromatic N) is 1. The average Bonchev–Trinajstić information content (AvgIpc) is 2.28. The molecule has 0 amide bonds. The van der Waals surface area contributed by atoms with Crippen LogP contribution >= 0.6 is 22.6 Å². The van der Waals surface area contributed by atoms with E-state index in [1.54, 1.807) is 0 Å². The Kier molecular flexibility index (Phi) is 4.87. The lowest BCUT2D eigenvalue weighted by molar-refractivity contribution is -0.276. The Morgan fingerprint density at radius 2 is 2.00 bits per heavy atom. The quantitative estimate of drug-likeness (QED) is 0.446. The molecule has 0 aromatic carbocycles. The van der Waals surface area contributed by atoms with Crippen molar-refractivity contribution in [2.45, 2.75) is 12.8 Å². The molecule has 0 atom stereocenters. The van der Waals surface area contributed by atoms with Crippen LogP contribution in [0.2, 0.25) is 0 Å². The van der Waals surface area contributed by atoms with E-state index in [0.717, 1.165) is 7.11 Å². The molecule has 1 rings (SSSR count). The fraction of sp³-hybridized carbons (Fsp3) is 0.333. The molecule has 0 saturated heterocycles. The number of ether oxygens (including phenoxy) is 2. The second-order valence-electron chi connectivity index (χ2n) is 3.04. The van der Waals surface area contributed by atoms with Crippen LogP contribution in [0, 0.1) is 3.57 Å². The Hall–Kier alpha value is -1.20. The van der Waals surface area contributed by atoms with Gasteiger partial charge in [-0.15, -0.1) is 13.2 Å². The van der Waals surface area contributed by atoms with Gasteiger partial charge in [-0.05, 0) is 22.6 Å². The van der Waals surface area contributed by atoms with Gasteiger partial charge in [-0.1, -0.05) is 0 Å². The lowest BCUT2D eigenvalue weighted by Gasteiger charge is -2.14. The smallest absolute Gasteiger partial charge is 0.465 e. The first-order valence-corrected chi connectivity index (χ1v) is 5.56. The van der Waals surface area contributed by atoms with Crippen molar-refractivity contribution in [2.75, 3.05) is 7.11 Å². The van der Waals surface area contributed by atoms with Gasteiger partial charge in [-0.25, -0.2) is 18.6 Å². The molecule has 0 radical (unpaired) electrons. The minimum atomic E-state index is -5.07. The van der Waals surface area contributed by atoms with Crippen molar-refractivity contribution in [3.63, 3.8) is 0 Å². The van der Waals surface area contributed by atoms with Gasteiger partial charge in [0.05, 0.1) is 21.8 Å². The molecule has 10 heteroatoms. The summed E-state index contributed by atoms with van der Waals surface area (Å²) in [5.74, 6) is -2.17. The van der Waals surface area contributed by atoms with Gasteiger partial charge in [-0.3, -0.25) is 0 Å². The van der Waals surface area contributed by atoms with Crippen LogP contribution in [-0.2, 0) is 4.74 Å². The molecule has 1 aromatic rings. The van der Waals surface area contributed by atoms with Crippen molar-refractivity contribution in [2.24, 2.45) is 0 Å². The molecule has 0 unspecified atom stereocenters. The lowest BCUT2D eigenvalue weighted by atomic mass is 10.1. The molecular weight excluding hydrogens is 392 g/mol. The van der Waals surface area contributed by atoms with Crippen LogP contribution in [0.4, 0.5) is 22.0 Å². The van der Waals surface area contributed by atoms with Crippen molar-refractivity contribution in [3.8, 4) is 5.88 Å². The third-order valence-corrected chi connectivity index (χ3v) is 2.90. The van der Waals surface area contributed by atoms with E-state index in [1.807, 2.05) is 0 Å². The molecule has 106 valence electrons. The maximum atomic E-state index is 12.8. The Bertz CT molecular complexity index is 491. The number of carbonyl (C=O) groups is 1. The third kappa shape index (κ3) is 3.88. The monoisotopic (exact) mass is 397 g/mol. The first kappa shape index (κ1) is 15.9. The van der Waals surface area contributed by atoms with Gasteiger partial charge in [0, 0.05) is 6.20 Å². The Balaban J connectivity index is 3.35. The van der Waals surface area contributed by atoms with Crippen molar-refractivity contribution < 1.29 is 36.2 Å². The summed E-state index contributed by atoms with van der Waals surface area (Å²) in [5, 5.41) is 0. The van der Waals surface area contributed by atoms with E-state index in [9.17, 15) is 26.7 Å². The van der Waals surface area contributed by atoms with E-state index in [4.69, 9.17) is 0 Å². The number of hydrogen-bond acceptors (Lipinski definition) is 4. The number of methoxy groups -OCH3 is 1. The second-order valence-corrected chi connectivity index (χ2v) is 4.12. The minimum absolute atomic E-state index is 0.552. The number of aromatic nitrogens is 1. The number of esters is 1. The topological polar surface area (TPSA) is 48.4 Å². The number of halogens is 6. The minimum Gasteiger partial charge on any atom is -0.465 e. The van der Waals surface area contributed by atoms with Crippen LogP contribution in [0.3, 0.4) is 0 Å². The first-order chi connectivity index (χ1) is 8.67. The molecule has 0 aliphatic carbocycles. The van der Waals surface area contributed by atoms with Crippen LogP contribution < -0.4 is 4.74 Å². The predicted octanol–water partition coefficient (Wildman–Crippen LogP) is 3.31. The molecule has 0 saturated carbocycles. The van der Waals surface area contributed by atoms with E-state index in [-0.39, 0.29) is 0 Å². The predicted molar refractivity (Wildman–Crippen MR) is 59.9 cm³/mol. The van der Waals surface area contributed by atoms with Gasteiger partial charge >= 0.3 is 12.3 Å². The van der Waals surface area contributed by atoms with Crippen LogP contribution in [0.5, 0.6) is 5.88 Å². The van der Waals surface area contributed by atoms with E-state index < -0.39 is 39.3 Å². The molecule has 0 aliphatic heterocycles. The van der Waals surface area contributed by atoms with Crippen molar-refractivity contribution in [1.82, 2.24) is 4.98 Å². The van der Waals surface area contributed by atoms with E-state index in [1.165, 1.54) is 22.6 Å². The summed E-state index contributed by atoms with van der Waals surface area (Å²) < 4.78 is 68.9. The van der Waals surface area contributed by atoms with Crippen LogP contribution in [0.25, 0.3) is 0 Å². The van der Waals surface area contributed by atoms with Gasteiger partial charge in [0.25, 0.3) is 6.43 Å². The van der Waals surface area contributed by atoms with E-state index in [0.29, 0.717) is 6.20 Å². The van der Waals surface area contributed by atoms with Gasteiger partial charge in [-0.2, -0.15) is 0 Å². The van der Waals surface area contributed by atoms with Crippen LogP contribution in [0.15, 0.2) is 6.20 Å². The SMILES string of the molecule is COC(=O)c1cnc(OC(F)(F)F)c(I)c1C(F)F. The molecule has 19 heavy (non-hydrogen) atoms. The highest BCUT2D eigenvalue weighted by molar-refractivity contribution is 14.1. The molecular formula is C9H5F5INO3. The maximum Gasteiger partial charge on any atom is 0.574 e. The van der Waals surface area contributed by atoms with Crippen molar-refractivity contribution in [3.05, 3.63) is 20.9 Å². The first-order valence-electron chi connectivity index (χ1n) is 4.48. The van der Waals surface area contributed by atoms with E-state index in [2.05, 4.69) is 14.5 Å². The molecule has 4 nitrogen and oxygen atoms in total. The normalized spacial score (nSPS) is 11.6. The summed E-state index contributed by atoms with van der Waals surface area (Å²) >= 11 is 1.20. The van der Waals surface area contributed by atoms with Gasteiger partial charge in [0.1, 0.15) is 0 Å². The van der Waals surface area contributed by atoms with E-state index >= 15 is 0 Å². The third-order valence-electron chi connectivity index (χ3n) is 1.86. The second kappa shape index (κ2) is 5.84. The zero-order chi connectivity index (χ0) is 14.8. The number of pyridine rings is 1. The molecule has 1 heterocycles. The zero-order valence-electron chi connectivity index (χ0n) is 9.09. The highest BCUT2D eigenvalue weighted by Crippen LogP contribution is 2.35. The number of alkyl halides is 5. The summed E-state index contributed by atoms with van der Waals surface area (Å²) in [6.45, 7) is 0. The number of rotatable bonds is 3. The van der Waals surface area contributed by atoms with Gasteiger partial charge < -0.3 is 9.47 Å². The van der Waals surface area contributed by atoms with Crippen molar-refractivity contribution in [1.29, 1.82) is 0 Å².